The van der Waals surface area contributed by atoms with E-state index in [-0.39, 0.29) is 6.42 Å². The minimum absolute atomic E-state index is 0.196. The molecule has 0 radical (unpaired) electrons. The number of rotatable bonds is 7. The molecule has 0 heterocycles. The molecule has 4 heteroatoms. The molecule has 1 aliphatic rings. The lowest BCUT2D eigenvalue weighted by Gasteiger charge is -2.31. The van der Waals surface area contributed by atoms with E-state index in [0.29, 0.717) is 17.9 Å². The molecule has 0 aliphatic heterocycles. The molecule has 1 N–H and O–H groups in total. The van der Waals surface area contributed by atoms with Gasteiger partial charge in [0.25, 0.3) is 0 Å². The van der Waals surface area contributed by atoms with Crippen LogP contribution < -0.4 is 5.32 Å². The Kier molecular flexibility index (Phi) is 5.96. The highest BCUT2D eigenvalue weighted by molar-refractivity contribution is 4.87. The van der Waals surface area contributed by atoms with Crippen LogP contribution in [-0.4, -0.2) is 19.3 Å². The largest absolute Gasteiger partial charge is 0.389 e. The van der Waals surface area contributed by atoms with E-state index in [1.54, 1.807) is 0 Å². The van der Waals surface area contributed by atoms with Crippen molar-refractivity contribution in [1.82, 2.24) is 5.32 Å². The van der Waals surface area contributed by atoms with Gasteiger partial charge in [0, 0.05) is 13.0 Å². The summed E-state index contributed by atoms with van der Waals surface area (Å²) in [5.41, 5.74) is 0.354. The molecule has 0 aromatic carbocycles. The van der Waals surface area contributed by atoms with E-state index in [4.69, 9.17) is 0 Å². The fourth-order valence-corrected chi connectivity index (χ4v) is 3.21. The Morgan fingerprint density at radius 2 is 1.78 bits per heavy atom. The number of hydrogen-bond acceptors (Lipinski definition) is 1. The first-order chi connectivity index (χ1) is 8.33. The van der Waals surface area contributed by atoms with E-state index in [9.17, 15) is 13.2 Å². The van der Waals surface area contributed by atoms with E-state index in [2.05, 4.69) is 19.2 Å². The minimum Gasteiger partial charge on any atom is -0.316 e. The SMILES string of the molecule is CC(C)CC1(CNCCCC(F)(F)F)CCCC1. The second-order valence-electron chi connectivity index (χ2n) is 6.20. The zero-order valence-corrected chi connectivity index (χ0v) is 11.6. The molecule has 0 aromatic rings. The molecule has 0 saturated heterocycles. The van der Waals surface area contributed by atoms with Gasteiger partial charge >= 0.3 is 6.18 Å². The van der Waals surface area contributed by atoms with Gasteiger partial charge in [0.15, 0.2) is 0 Å². The minimum atomic E-state index is -4.01. The highest BCUT2D eigenvalue weighted by atomic mass is 19.4. The van der Waals surface area contributed by atoms with Crippen molar-refractivity contribution in [3.63, 3.8) is 0 Å². The molecule has 1 fully saturated rings. The third kappa shape index (κ3) is 6.07. The summed E-state index contributed by atoms with van der Waals surface area (Å²) in [6.45, 7) is 5.83. The number of hydrogen-bond donors (Lipinski definition) is 1. The first-order valence-corrected chi connectivity index (χ1v) is 7.10. The van der Waals surface area contributed by atoms with Gasteiger partial charge in [-0.3, -0.25) is 0 Å². The molecule has 0 atom stereocenters. The smallest absolute Gasteiger partial charge is 0.316 e. The topological polar surface area (TPSA) is 12.0 Å². The Bertz CT molecular complexity index is 230. The van der Waals surface area contributed by atoms with Crippen LogP contribution in [0, 0.1) is 11.3 Å². The molecule has 108 valence electrons. The summed E-state index contributed by atoms with van der Waals surface area (Å²) in [6.07, 6.45) is 1.73. The number of nitrogens with one attached hydrogen (secondary N) is 1. The summed E-state index contributed by atoms with van der Waals surface area (Å²) in [4.78, 5) is 0. The second kappa shape index (κ2) is 6.78. The Morgan fingerprint density at radius 3 is 2.28 bits per heavy atom. The molecule has 0 aromatic heterocycles. The summed E-state index contributed by atoms with van der Waals surface area (Å²) in [7, 11) is 0. The third-order valence-corrected chi connectivity index (χ3v) is 3.82. The summed E-state index contributed by atoms with van der Waals surface area (Å²) in [5.74, 6) is 0.667. The van der Waals surface area contributed by atoms with Gasteiger partial charge in [-0.25, -0.2) is 0 Å². The van der Waals surface area contributed by atoms with Crippen molar-refractivity contribution in [2.24, 2.45) is 11.3 Å². The van der Waals surface area contributed by atoms with Crippen molar-refractivity contribution in [3.05, 3.63) is 0 Å². The van der Waals surface area contributed by atoms with Gasteiger partial charge in [0.1, 0.15) is 0 Å². The normalized spacial score (nSPS) is 19.7. The van der Waals surface area contributed by atoms with Gasteiger partial charge in [0.05, 0.1) is 0 Å². The number of alkyl halides is 3. The highest BCUT2D eigenvalue weighted by Gasteiger charge is 2.34. The summed E-state index contributed by atoms with van der Waals surface area (Å²) >= 11 is 0. The Balaban J connectivity index is 2.22. The third-order valence-electron chi connectivity index (χ3n) is 3.82. The van der Waals surface area contributed by atoms with Crippen molar-refractivity contribution in [3.8, 4) is 0 Å². The molecule has 1 saturated carbocycles. The fraction of sp³-hybridized carbons (Fsp3) is 1.00. The standard InChI is InChI=1S/C14H26F3N/c1-12(2)10-13(6-3-4-7-13)11-18-9-5-8-14(15,16)17/h12,18H,3-11H2,1-2H3. The average molecular weight is 265 g/mol. The van der Waals surface area contributed by atoms with Gasteiger partial charge in [-0.15, -0.1) is 0 Å². The fourth-order valence-electron chi connectivity index (χ4n) is 3.21. The maximum absolute atomic E-state index is 12.0. The van der Waals surface area contributed by atoms with E-state index >= 15 is 0 Å². The van der Waals surface area contributed by atoms with Crippen molar-refractivity contribution < 1.29 is 13.2 Å². The quantitative estimate of drug-likeness (QED) is 0.667. The van der Waals surface area contributed by atoms with Crippen molar-refractivity contribution >= 4 is 0 Å². The van der Waals surface area contributed by atoms with Gasteiger partial charge in [-0.05, 0) is 43.6 Å². The molecule has 0 bridgehead atoms. The van der Waals surface area contributed by atoms with Crippen LogP contribution in [0.5, 0.6) is 0 Å². The summed E-state index contributed by atoms with van der Waals surface area (Å²) in [5, 5.41) is 3.25. The number of halogens is 3. The van der Waals surface area contributed by atoms with Crippen LogP contribution in [0.15, 0.2) is 0 Å². The molecule has 1 nitrogen and oxygen atoms in total. The zero-order chi connectivity index (χ0) is 13.6. The van der Waals surface area contributed by atoms with Crippen molar-refractivity contribution in [2.45, 2.75) is 65.0 Å². The lowest BCUT2D eigenvalue weighted by atomic mass is 9.78. The predicted molar refractivity (Wildman–Crippen MR) is 68.5 cm³/mol. The van der Waals surface area contributed by atoms with Gasteiger partial charge in [0.2, 0.25) is 0 Å². The predicted octanol–water partition coefficient (Wildman–Crippen LogP) is 4.53. The van der Waals surface area contributed by atoms with E-state index in [1.807, 2.05) is 0 Å². The molecular weight excluding hydrogens is 239 g/mol. The molecule has 0 spiro atoms. The van der Waals surface area contributed by atoms with Gasteiger partial charge < -0.3 is 5.32 Å². The summed E-state index contributed by atoms with van der Waals surface area (Å²) < 4.78 is 36.0. The van der Waals surface area contributed by atoms with Crippen LogP contribution in [0.25, 0.3) is 0 Å². The molecular formula is C14H26F3N. The lowest BCUT2D eigenvalue weighted by Crippen LogP contribution is -2.34. The molecule has 0 amide bonds. The second-order valence-corrected chi connectivity index (χ2v) is 6.20. The Labute approximate surface area is 109 Å². The molecule has 0 unspecified atom stereocenters. The summed E-state index contributed by atoms with van der Waals surface area (Å²) in [6, 6.07) is 0. The first-order valence-electron chi connectivity index (χ1n) is 7.10. The van der Waals surface area contributed by atoms with Crippen LogP contribution in [0.1, 0.15) is 58.8 Å². The van der Waals surface area contributed by atoms with Gasteiger partial charge in [-0.1, -0.05) is 26.7 Å². The van der Waals surface area contributed by atoms with Crippen LogP contribution in [0.3, 0.4) is 0 Å². The first kappa shape index (κ1) is 15.8. The van der Waals surface area contributed by atoms with Crippen LogP contribution >= 0.6 is 0 Å². The maximum Gasteiger partial charge on any atom is 0.389 e. The van der Waals surface area contributed by atoms with Crippen LogP contribution in [0.4, 0.5) is 13.2 Å². The molecule has 1 rings (SSSR count). The Morgan fingerprint density at radius 1 is 1.17 bits per heavy atom. The molecule has 1 aliphatic carbocycles. The zero-order valence-electron chi connectivity index (χ0n) is 11.6. The monoisotopic (exact) mass is 265 g/mol. The van der Waals surface area contributed by atoms with E-state index in [0.717, 1.165) is 6.54 Å². The van der Waals surface area contributed by atoms with Crippen LogP contribution in [-0.2, 0) is 0 Å². The van der Waals surface area contributed by atoms with Crippen molar-refractivity contribution in [2.75, 3.05) is 13.1 Å². The average Bonchev–Trinajstić information content (AvgIpc) is 2.63. The maximum atomic E-state index is 12.0. The highest BCUT2D eigenvalue weighted by Crippen LogP contribution is 2.42. The Hall–Kier alpha value is -0.250. The van der Waals surface area contributed by atoms with E-state index < -0.39 is 12.6 Å². The van der Waals surface area contributed by atoms with Crippen molar-refractivity contribution in [1.29, 1.82) is 0 Å². The van der Waals surface area contributed by atoms with Crippen LogP contribution in [0.2, 0.25) is 0 Å². The molecule has 18 heavy (non-hydrogen) atoms. The van der Waals surface area contributed by atoms with Gasteiger partial charge in [-0.2, -0.15) is 13.2 Å². The lowest BCUT2D eigenvalue weighted by molar-refractivity contribution is -0.135. The van der Waals surface area contributed by atoms with E-state index in [1.165, 1.54) is 32.1 Å².